The van der Waals surface area contributed by atoms with E-state index in [-0.39, 0.29) is 17.5 Å². The summed E-state index contributed by atoms with van der Waals surface area (Å²) in [5.74, 6) is 0.677. The Labute approximate surface area is 165 Å². The van der Waals surface area contributed by atoms with E-state index in [1.807, 2.05) is 45.1 Å². The van der Waals surface area contributed by atoms with Gasteiger partial charge >= 0.3 is 0 Å². The largest absolute Gasteiger partial charge is 0.348 e. The lowest BCUT2D eigenvalue weighted by molar-refractivity contribution is -0.129. The van der Waals surface area contributed by atoms with Crippen LogP contribution in [-0.4, -0.2) is 70.9 Å². The highest BCUT2D eigenvalue weighted by Crippen LogP contribution is 2.17. The molecule has 28 heavy (non-hydrogen) atoms. The molecule has 1 fully saturated rings. The van der Waals surface area contributed by atoms with Crippen LogP contribution in [0.4, 0.5) is 5.95 Å². The molecular formula is C20H28N6O2. The number of amides is 1. The van der Waals surface area contributed by atoms with Gasteiger partial charge in [-0.05, 0) is 32.0 Å². The Hall–Kier alpha value is -2.74. The van der Waals surface area contributed by atoms with Crippen molar-refractivity contribution in [2.45, 2.75) is 32.4 Å². The first-order valence-corrected chi connectivity index (χ1v) is 9.49. The van der Waals surface area contributed by atoms with Crippen molar-refractivity contribution in [2.75, 3.05) is 39.1 Å². The topological polar surface area (TPSA) is 85.4 Å². The maximum atomic E-state index is 12.6. The SMILES string of the molecule is Cc1ccc(CC(=O)N2CCC(N(C)Cc3cc(=O)[nH]c(N(C)C)n3)C2)cn1. The van der Waals surface area contributed by atoms with E-state index in [0.717, 1.165) is 29.9 Å². The van der Waals surface area contributed by atoms with Crippen LogP contribution in [-0.2, 0) is 17.8 Å². The number of carbonyl (C=O) groups is 1. The zero-order valence-corrected chi connectivity index (χ0v) is 17.0. The molecule has 1 unspecified atom stereocenters. The molecule has 0 aliphatic carbocycles. The lowest BCUT2D eigenvalue weighted by Gasteiger charge is -2.24. The molecule has 1 amide bonds. The van der Waals surface area contributed by atoms with Gasteiger partial charge in [0.25, 0.3) is 5.56 Å². The van der Waals surface area contributed by atoms with E-state index >= 15 is 0 Å². The average molecular weight is 384 g/mol. The molecule has 150 valence electrons. The summed E-state index contributed by atoms with van der Waals surface area (Å²) in [5.41, 5.74) is 2.46. The fourth-order valence-electron chi connectivity index (χ4n) is 3.39. The highest BCUT2D eigenvalue weighted by atomic mass is 16.2. The number of hydrogen-bond acceptors (Lipinski definition) is 6. The molecule has 1 aliphatic rings. The summed E-state index contributed by atoms with van der Waals surface area (Å²) in [6.07, 6.45) is 3.07. The van der Waals surface area contributed by atoms with E-state index in [2.05, 4.69) is 19.9 Å². The van der Waals surface area contributed by atoms with Crippen molar-refractivity contribution in [1.29, 1.82) is 0 Å². The van der Waals surface area contributed by atoms with Gasteiger partial charge in [-0.15, -0.1) is 0 Å². The first-order chi connectivity index (χ1) is 13.3. The Bertz CT molecular complexity index is 877. The summed E-state index contributed by atoms with van der Waals surface area (Å²) in [5, 5.41) is 0. The standard InChI is InChI=1S/C20H28N6O2/c1-14-5-6-15(11-21-14)9-19(28)26-8-7-17(13-26)25(4)12-16-10-18(27)23-20(22-16)24(2)3/h5-6,10-11,17H,7-9,12-13H2,1-4H3,(H,22,23,27). The molecule has 0 spiro atoms. The third-order valence-corrected chi connectivity index (χ3v) is 5.08. The maximum Gasteiger partial charge on any atom is 0.252 e. The van der Waals surface area contributed by atoms with Gasteiger partial charge in [-0.1, -0.05) is 6.07 Å². The number of H-pyrrole nitrogens is 1. The van der Waals surface area contributed by atoms with Gasteiger partial charge in [0.15, 0.2) is 0 Å². The molecule has 0 saturated carbocycles. The molecule has 1 aliphatic heterocycles. The van der Waals surface area contributed by atoms with Crippen LogP contribution < -0.4 is 10.5 Å². The van der Waals surface area contributed by atoms with Crippen LogP contribution in [0.1, 0.15) is 23.4 Å². The lowest BCUT2D eigenvalue weighted by atomic mass is 10.2. The molecule has 0 bridgehead atoms. The van der Waals surface area contributed by atoms with Gasteiger partial charge in [-0.2, -0.15) is 0 Å². The zero-order valence-electron chi connectivity index (χ0n) is 17.0. The molecule has 1 atom stereocenters. The number of aromatic amines is 1. The third kappa shape index (κ3) is 4.95. The second-order valence-corrected chi connectivity index (χ2v) is 7.64. The highest BCUT2D eigenvalue weighted by Gasteiger charge is 2.29. The van der Waals surface area contributed by atoms with E-state index < -0.39 is 0 Å². The minimum atomic E-state index is -0.156. The molecule has 1 N–H and O–H groups in total. The quantitative estimate of drug-likeness (QED) is 0.794. The number of rotatable bonds is 6. The Morgan fingerprint density at radius 1 is 1.32 bits per heavy atom. The fourth-order valence-corrected chi connectivity index (χ4v) is 3.39. The van der Waals surface area contributed by atoms with Crippen molar-refractivity contribution >= 4 is 11.9 Å². The van der Waals surface area contributed by atoms with E-state index in [0.29, 0.717) is 25.5 Å². The normalized spacial score (nSPS) is 16.6. The fraction of sp³-hybridized carbons (Fsp3) is 0.500. The van der Waals surface area contributed by atoms with E-state index in [1.165, 1.54) is 6.07 Å². The van der Waals surface area contributed by atoms with Crippen molar-refractivity contribution in [1.82, 2.24) is 24.8 Å². The van der Waals surface area contributed by atoms with Crippen LogP contribution in [0.3, 0.4) is 0 Å². The first kappa shape index (κ1) is 20.0. The predicted octanol–water partition coefficient (Wildman–Crippen LogP) is 0.815. The summed E-state index contributed by atoms with van der Waals surface area (Å²) in [6.45, 7) is 3.94. The Morgan fingerprint density at radius 2 is 2.11 bits per heavy atom. The van der Waals surface area contributed by atoms with Gasteiger partial charge in [0.1, 0.15) is 0 Å². The van der Waals surface area contributed by atoms with Crippen LogP contribution in [0, 0.1) is 6.92 Å². The van der Waals surface area contributed by atoms with Crippen molar-refractivity contribution in [3.8, 4) is 0 Å². The molecule has 2 aromatic rings. The van der Waals surface area contributed by atoms with Crippen LogP contribution in [0.5, 0.6) is 0 Å². The molecule has 2 aromatic heterocycles. The Morgan fingerprint density at radius 3 is 2.79 bits per heavy atom. The molecule has 0 aromatic carbocycles. The number of hydrogen-bond donors (Lipinski definition) is 1. The molecule has 3 heterocycles. The lowest BCUT2D eigenvalue weighted by Crippen LogP contribution is -2.37. The minimum Gasteiger partial charge on any atom is -0.348 e. The second kappa shape index (κ2) is 8.52. The smallest absolute Gasteiger partial charge is 0.252 e. The molecule has 0 radical (unpaired) electrons. The number of nitrogens with one attached hydrogen (secondary N) is 1. The first-order valence-electron chi connectivity index (χ1n) is 9.49. The van der Waals surface area contributed by atoms with Crippen LogP contribution in [0.2, 0.25) is 0 Å². The molecular weight excluding hydrogens is 356 g/mol. The maximum absolute atomic E-state index is 12.6. The van der Waals surface area contributed by atoms with Crippen LogP contribution in [0.15, 0.2) is 29.2 Å². The number of aromatic nitrogens is 3. The van der Waals surface area contributed by atoms with Crippen molar-refractivity contribution in [2.24, 2.45) is 0 Å². The van der Waals surface area contributed by atoms with E-state index in [4.69, 9.17) is 0 Å². The summed E-state index contributed by atoms with van der Waals surface area (Å²) >= 11 is 0. The number of likely N-dealkylation sites (tertiary alicyclic amines) is 1. The van der Waals surface area contributed by atoms with Gasteiger partial charge in [-0.3, -0.25) is 24.5 Å². The van der Waals surface area contributed by atoms with Crippen LogP contribution in [0.25, 0.3) is 0 Å². The summed E-state index contributed by atoms with van der Waals surface area (Å²) in [7, 11) is 5.70. The van der Waals surface area contributed by atoms with Gasteiger partial charge in [-0.25, -0.2) is 4.98 Å². The van der Waals surface area contributed by atoms with Crippen molar-refractivity contribution in [3.05, 3.63) is 51.7 Å². The number of nitrogens with zero attached hydrogens (tertiary/aromatic N) is 5. The Balaban J connectivity index is 1.58. The second-order valence-electron chi connectivity index (χ2n) is 7.64. The van der Waals surface area contributed by atoms with E-state index in [1.54, 1.807) is 11.1 Å². The molecule has 3 rings (SSSR count). The van der Waals surface area contributed by atoms with Crippen LogP contribution >= 0.6 is 0 Å². The van der Waals surface area contributed by atoms with Gasteiger partial charge in [0.2, 0.25) is 11.9 Å². The molecule has 1 saturated heterocycles. The monoisotopic (exact) mass is 384 g/mol. The van der Waals surface area contributed by atoms with E-state index in [9.17, 15) is 9.59 Å². The van der Waals surface area contributed by atoms with Gasteiger partial charge in [0, 0.05) is 57.7 Å². The number of anilines is 1. The van der Waals surface area contributed by atoms with Crippen molar-refractivity contribution in [3.63, 3.8) is 0 Å². The summed E-state index contributed by atoms with van der Waals surface area (Å²) < 4.78 is 0. The van der Waals surface area contributed by atoms with Crippen molar-refractivity contribution < 1.29 is 4.79 Å². The number of pyridine rings is 1. The number of likely N-dealkylation sites (N-methyl/N-ethyl adjacent to an activating group) is 1. The Kier molecular flexibility index (Phi) is 6.08. The van der Waals surface area contributed by atoms with Gasteiger partial charge < -0.3 is 9.80 Å². The average Bonchev–Trinajstić information content (AvgIpc) is 3.13. The molecule has 8 heteroatoms. The number of carbonyl (C=O) groups excluding carboxylic acids is 1. The minimum absolute atomic E-state index is 0.130. The predicted molar refractivity (Wildman–Crippen MR) is 108 cm³/mol. The highest BCUT2D eigenvalue weighted by molar-refractivity contribution is 5.79. The van der Waals surface area contributed by atoms with Gasteiger partial charge in [0.05, 0.1) is 12.1 Å². The summed E-state index contributed by atoms with van der Waals surface area (Å²) in [6, 6.07) is 5.68. The zero-order chi connectivity index (χ0) is 20.3. The summed E-state index contributed by atoms with van der Waals surface area (Å²) in [4.78, 5) is 41.8. The molecule has 8 nitrogen and oxygen atoms in total. The number of aryl methyl sites for hydroxylation is 1. The third-order valence-electron chi connectivity index (χ3n) is 5.08.